The molecule has 0 aromatic heterocycles. The monoisotopic (exact) mass is 382 g/mol. The van der Waals surface area contributed by atoms with E-state index in [4.69, 9.17) is 8.85 Å². The molecule has 0 saturated carbocycles. The van der Waals surface area contributed by atoms with Crippen molar-refractivity contribution in [3.05, 3.63) is 29.3 Å². The van der Waals surface area contributed by atoms with E-state index in [1.165, 1.54) is 0 Å². The Kier molecular flexibility index (Phi) is 7.12. The fraction of sp³-hybridized carbons (Fsp3) is 0.700. The molecular formula is C20H38O3Si2. The smallest absolute Gasteiger partial charge is 0.250 e. The Morgan fingerprint density at radius 1 is 1.08 bits per heavy atom. The minimum atomic E-state index is -1.96. The molecule has 25 heavy (non-hydrogen) atoms. The minimum absolute atomic E-state index is 0.0311. The summed E-state index contributed by atoms with van der Waals surface area (Å²) in [6, 6.07) is 6.04. The van der Waals surface area contributed by atoms with Crippen LogP contribution in [-0.2, 0) is 11.0 Å². The third kappa shape index (κ3) is 5.95. The van der Waals surface area contributed by atoms with E-state index in [9.17, 15) is 5.11 Å². The van der Waals surface area contributed by atoms with E-state index in [-0.39, 0.29) is 23.2 Å². The molecule has 0 amide bonds. The van der Waals surface area contributed by atoms with E-state index >= 15 is 0 Å². The Morgan fingerprint density at radius 3 is 2.04 bits per heavy atom. The van der Waals surface area contributed by atoms with Crippen LogP contribution in [0.4, 0.5) is 0 Å². The van der Waals surface area contributed by atoms with Gasteiger partial charge in [0, 0.05) is 5.56 Å². The van der Waals surface area contributed by atoms with Crippen LogP contribution in [0.25, 0.3) is 0 Å². The molecule has 0 fully saturated rings. The van der Waals surface area contributed by atoms with Gasteiger partial charge >= 0.3 is 0 Å². The minimum Gasteiger partial charge on any atom is -0.543 e. The second kappa shape index (κ2) is 7.95. The van der Waals surface area contributed by atoms with Gasteiger partial charge in [-0.15, -0.1) is 0 Å². The fourth-order valence-electron chi connectivity index (χ4n) is 2.44. The summed E-state index contributed by atoms with van der Waals surface area (Å²) in [6.07, 6.45) is -0.0366. The number of aliphatic hydroxyl groups excluding tert-OH is 1. The first kappa shape index (κ1) is 22.4. The lowest BCUT2D eigenvalue weighted by Gasteiger charge is -2.39. The van der Waals surface area contributed by atoms with E-state index in [2.05, 4.69) is 73.8 Å². The molecule has 3 nitrogen and oxygen atoms in total. The zero-order valence-corrected chi connectivity index (χ0v) is 20.0. The van der Waals surface area contributed by atoms with Crippen LogP contribution in [0.1, 0.15) is 58.8 Å². The van der Waals surface area contributed by atoms with Crippen LogP contribution in [0.3, 0.4) is 0 Å². The summed E-state index contributed by atoms with van der Waals surface area (Å²) in [7, 11) is -3.19. The van der Waals surface area contributed by atoms with E-state index < -0.39 is 17.4 Å². The van der Waals surface area contributed by atoms with Gasteiger partial charge in [0.05, 0.1) is 12.7 Å². The summed E-state index contributed by atoms with van der Waals surface area (Å²) < 4.78 is 13.1. The number of hydrogen-bond donors (Lipinski definition) is 1. The van der Waals surface area contributed by atoms with Crippen molar-refractivity contribution in [3.63, 3.8) is 0 Å². The maximum atomic E-state index is 9.62. The number of rotatable bonds is 6. The van der Waals surface area contributed by atoms with Gasteiger partial charge in [-0.1, -0.05) is 47.6 Å². The zero-order valence-electron chi connectivity index (χ0n) is 17.9. The largest absolute Gasteiger partial charge is 0.543 e. The molecule has 0 radical (unpaired) electrons. The van der Waals surface area contributed by atoms with Crippen molar-refractivity contribution in [3.8, 4) is 5.75 Å². The molecule has 0 spiro atoms. The van der Waals surface area contributed by atoms with Crippen molar-refractivity contribution in [2.75, 3.05) is 0 Å². The van der Waals surface area contributed by atoms with Crippen molar-refractivity contribution < 1.29 is 14.0 Å². The first-order valence-corrected chi connectivity index (χ1v) is 15.0. The summed E-state index contributed by atoms with van der Waals surface area (Å²) in [4.78, 5) is 0. The first-order chi connectivity index (χ1) is 11.2. The molecule has 0 heterocycles. The highest BCUT2D eigenvalue weighted by Crippen LogP contribution is 2.44. The standard InChI is InChI=1S/C20H38O3Si2/c1-19(2,3)18(22-24(7)8)16-13-15(14-21)11-12-17(16)23-25(9,10)20(4,5)6/h11-13,18,21,24H,14H2,1-10H3. The Bertz CT molecular complexity index is 569. The molecular weight excluding hydrogens is 344 g/mol. The van der Waals surface area contributed by atoms with Gasteiger partial charge < -0.3 is 14.0 Å². The third-order valence-corrected chi connectivity index (χ3v) is 10.1. The number of hydrogen-bond acceptors (Lipinski definition) is 3. The highest BCUT2D eigenvalue weighted by atomic mass is 28.4. The van der Waals surface area contributed by atoms with Crippen molar-refractivity contribution in [1.29, 1.82) is 0 Å². The Hall–Kier alpha value is -0.626. The van der Waals surface area contributed by atoms with E-state index in [1.54, 1.807) is 0 Å². The average molecular weight is 383 g/mol. The van der Waals surface area contributed by atoms with E-state index in [0.717, 1.165) is 16.9 Å². The highest BCUT2D eigenvalue weighted by Gasteiger charge is 2.40. The van der Waals surface area contributed by atoms with Crippen molar-refractivity contribution in [2.45, 2.75) is 85.5 Å². The van der Waals surface area contributed by atoms with Crippen LogP contribution in [-0.4, -0.2) is 22.5 Å². The SMILES string of the molecule is C[SiH](C)OC(c1cc(CO)ccc1O[Si](C)(C)C(C)(C)C)C(C)(C)C. The highest BCUT2D eigenvalue weighted by molar-refractivity contribution is 6.74. The molecule has 1 unspecified atom stereocenters. The van der Waals surface area contributed by atoms with Gasteiger partial charge in [-0.25, -0.2) is 0 Å². The molecule has 1 rings (SSSR count). The van der Waals surface area contributed by atoms with Crippen molar-refractivity contribution >= 4 is 17.4 Å². The average Bonchev–Trinajstić information content (AvgIpc) is 2.42. The second-order valence-corrected chi connectivity index (χ2v) is 16.9. The Morgan fingerprint density at radius 2 is 1.64 bits per heavy atom. The molecule has 1 aromatic rings. The fourth-order valence-corrected chi connectivity index (χ4v) is 4.58. The normalized spacial score (nSPS) is 14.7. The van der Waals surface area contributed by atoms with Gasteiger partial charge in [0.1, 0.15) is 5.75 Å². The second-order valence-electron chi connectivity index (χ2n) is 9.82. The van der Waals surface area contributed by atoms with Crippen molar-refractivity contribution in [2.24, 2.45) is 5.41 Å². The van der Waals surface area contributed by atoms with E-state index in [1.807, 2.05) is 12.1 Å². The van der Waals surface area contributed by atoms with E-state index in [0.29, 0.717) is 0 Å². The van der Waals surface area contributed by atoms with Gasteiger partial charge in [-0.3, -0.25) is 0 Å². The summed E-state index contributed by atoms with van der Waals surface area (Å²) in [5.74, 6) is 0.915. The molecule has 0 saturated heterocycles. The maximum Gasteiger partial charge on any atom is 0.250 e. The van der Waals surface area contributed by atoms with Gasteiger partial charge in [0.2, 0.25) is 8.32 Å². The van der Waals surface area contributed by atoms with Crippen LogP contribution in [0.15, 0.2) is 18.2 Å². The predicted molar refractivity (Wildman–Crippen MR) is 112 cm³/mol. The lowest BCUT2D eigenvalue weighted by atomic mass is 9.84. The molecule has 144 valence electrons. The van der Waals surface area contributed by atoms with Crippen LogP contribution < -0.4 is 4.43 Å². The van der Waals surface area contributed by atoms with Crippen LogP contribution in [0, 0.1) is 5.41 Å². The summed E-state index contributed by atoms with van der Waals surface area (Å²) in [5.41, 5.74) is 1.93. The lowest BCUT2D eigenvalue weighted by molar-refractivity contribution is 0.0847. The Balaban J connectivity index is 3.45. The Labute approximate surface area is 157 Å². The predicted octanol–water partition coefficient (Wildman–Crippen LogP) is 5.65. The topological polar surface area (TPSA) is 38.7 Å². The van der Waals surface area contributed by atoms with Gasteiger partial charge in [0.15, 0.2) is 9.04 Å². The maximum absolute atomic E-state index is 9.62. The van der Waals surface area contributed by atoms with Gasteiger partial charge in [-0.2, -0.15) is 0 Å². The van der Waals surface area contributed by atoms with Crippen LogP contribution in [0.2, 0.25) is 31.2 Å². The number of benzene rings is 1. The lowest BCUT2D eigenvalue weighted by Crippen LogP contribution is -2.44. The summed E-state index contributed by atoms with van der Waals surface area (Å²) >= 11 is 0. The molecule has 5 heteroatoms. The quantitative estimate of drug-likeness (QED) is 0.646. The summed E-state index contributed by atoms with van der Waals surface area (Å²) in [5, 5.41) is 9.75. The molecule has 1 aromatic carbocycles. The summed E-state index contributed by atoms with van der Waals surface area (Å²) in [6.45, 7) is 22.3. The zero-order chi connectivity index (χ0) is 19.6. The first-order valence-electron chi connectivity index (χ1n) is 9.27. The molecule has 1 atom stereocenters. The van der Waals surface area contributed by atoms with Crippen LogP contribution >= 0.6 is 0 Å². The molecule has 0 aliphatic carbocycles. The van der Waals surface area contributed by atoms with Gasteiger partial charge in [0.25, 0.3) is 0 Å². The van der Waals surface area contributed by atoms with Crippen LogP contribution in [0.5, 0.6) is 5.75 Å². The number of aliphatic hydroxyl groups is 1. The van der Waals surface area contributed by atoms with Gasteiger partial charge in [-0.05, 0) is 54.3 Å². The molecule has 1 N–H and O–H groups in total. The molecule has 0 bridgehead atoms. The molecule has 0 aliphatic heterocycles. The third-order valence-electron chi connectivity index (χ3n) is 4.91. The van der Waals surface area contributed by atoms with Crippen molar-refractivity contribution in [1.82, 2.24) is 0 Å². The molecule has 0 aliphatic rings.